The molecule has 2 nitrogen and oxygen atoms in total. The summed E-state index contributed by atoms with van der Waals surface area (Å²) in [6, 6.07) is 0. The highest BCUT2D eigenvalue weighted by molar-refractivity contribution is 4.76. The molecule has 1 saturated heterocycles. The zero-order chi connectivity index (χ0) is 9.14. The molecule has 1 fully saturated rings. The van der Waals surface area contributed by atoms with Crippen LogP contribution in [0.2, 0.25) is 0 Å². The van der Waals surface area contributed by atoms with E-state index in [4.69, 9.17) is 4.74 Å². The number of nitrogens with zero attached hydrogens (tertiary/aromatic N) is 1. The largest absolute Gasteiger partial charge is 0.367 e. The topological polar surface area (TPSA) is 12.5 Å². The number of morpholine rings is 1. The fraction of sp³-hybridized carbons (Fsp3) is 1.00. The molecule has 12 heavy (non-hydrogen) atoms. The Balaban J connectivity index is 2.45. The third kappa shape index (κ3) is 2.38. The van der Waals surface area contributed by atoms with Gasteiger partial charge in [-0.3, -0.25) is 4.90 Å². The lowest BCUT2D eigenvalue weighted by Crippen LogP contribution is -2.49. The Morgan fingerprint density at radius 1 is 1.50 bits per heavy atom. The summed E-state index contributed by atoms with van der Waals surface area (Å²) < 4.78 is 29.6. The minimum Gasteiger partial charge on any atom is -0.367 e. The van der Waals surface area contributed by atoms with E-state index >= 15 is 0 Å². The summed E-state index contributed by atoms with van der Waals surface area (Å²) in [6.45, 7) is 5.74. The molecule has 1 aliphatic heterocycles. The van der Waals surface area contributed by atoms with Crippen molar-refractivity contribution in [1.29, 1.82) is 0 Å². The van der Waals surface area contributed by atoms with Gasteiger partial charge in [-0.25, -0.2) is 8.78 Å². The van der Waals surface area contributed by atoms with Gasteiger partial charge < -0.3 is 4.74 Å². The van der Waals surface area contributed by atoms with Crippen molar-refractivity contribution in [3.8, 4) is 0 Å². The maximum absolute atomic E-state index is 12.3. The van der Waals surface area contributed by atoms with Gasteiger partial charge in [0, 0.05) is 13.1 Å². The number of halogens is 2. The van der Waals surface area contributed by atoms with Crippen LogP contribution in [0.5, 0.6) is 0 Å². The Labute approximate surface area is 71.5 Å². The second-order valence-corrected chi connectivity index (χ2v) is 3.17. The summed E-state index contributed by atoms with van der Waals surface area (Å²) in [5, 5.41) is 0. The van der Waals surface area contributed by atoms with Gasteiger partial charge in [0.05, 0.1) is 6.10 Å². The van der Waals surface area contributed by atoms with E-state index in [1.54, 1.807) is 0 Å². The molecule has 4 heteroatoms. The van der Waals surface area contributed by atoms with Crippen LogP contribution < -0.4 is 0 Å². The lowest BCUT2D eigenvalue weighted by Gasteiger charge is -2.35. The molecule has 1 rings (SSSR count). The van der Waals surface area contributed by atoms with E-state index in [9.17, 15) is 8.78 Å². The summed E-state index contributed by atoms with van der Waals surface area (Å²) in [6.07, 6.45) is -3.33. The molecule has 0 aliphatic carbocycles. The van der Waals surface area contributed by atoms with Crippen LogP contribution in [0.15, 0.2) is 0 Å². The smallest absolute Gasteiger partial charge is 0.265 e. The van der Waals surface area contributed by atoms with Crippen LogP contribution in [0, 0.1) is 0 Å². The van der Waals surface area contributed by atoms with Crippen molar-refractivity contribution in [2.24, 2.45) is 0 Å². The number of hydrogen-bond acceptors (Lipinski definition) is 2. The van der Waals surface area contributed by atoms with Gasteiger partial charge in [-0.15, -0.1) is 0 Å². The monoisotopic (exact) mass is 179 g/mol. The van der Waals surface area contributed by atoms with Crippen LogP contribution >= 0.6 is 0 Å². The molecule has 0 amide bonds. The maximum Gasteiger partial charge on any atom is 0.265 e. The minimum atomic E-state index is -2.36. The maximum atomic E-state index is 12.3. The lowest BCUT2D eigenvalue weighted by molar-refractivity contribution is -0.134. The van der Waals surface area contributed by atoms with Crippen molar-refractivity contribution in [2.75, 3.05) is 19.6 Å². The summed E-state index contributed by atoms with van der Waals surface area (Å²) >= 11 is 0. The highest BCUT2D eigenvalue weighted by atomic mass is 19.3. The highest BCUT2D eigenvalue weighted by Crippen LogP contribution is 2.16. The molecule has 0 bridgehead atoms. The molecule has 1 heterocycles. The molecule has 0 aromatic heterocycles. The average molecular weight is 179 g/mol. The van der Waals surface area contributed by atoms with Gasteiger partial charge in [0.2, 0.25) is 0 Å². The van der Waals surface area contributed by atoms with E-state index in [1.165, 1.54) is 0 Å². The average Bonchev–Trinajstić information content (AvgIpc) is 2.03. The molecule has 72 valence electrons. The molecule has 0 aromatic rings. The van der Waals surface area contributed by atoms with Crippen molar-refractivity contribution in [1.82, 2.24) is 4.90 Å². The highest BCUT2D eigenvalue weighted by Gasteiger charge is 2.30. The minimum absolute atomic E-state index is 0.0716. The van der Waals surface area contributed by atoms with E-state index in [0.29, 0.717) is 6.54 Å². The Kier molecular flexibility index (Phi) is 3.40. The molecular formula is C8H15F2NO. The summed E-state index contributed by atoms with van der Waals surface area (Å²) in [5.41, 5.74) is 0. The fourth-order valence-corrected chi connectivity index (χ4v) is 1.47. The molecule has 0 saturated carbocycles. The lowest BCUT2D eigenvalue weighted by atomic mass is 10.2. The first-order valence-corrected chi connectivity index (χ1v) is 4.29. The van der Waals surface area contributed by atoms with Gasteiger partial charge in [-0.05, 0) is 13.5 Å². The normalized spacial score (nSPS) is 32.8. The Hall–Kier alpha value is -0.220. The first-order valence-electron chi connectivity index (χ1n) is 4.29. The van der Waals surface area contributed by atoms with Crippen LogP contribution in [0.4, 0.5) is 8.78 Å². The van der Waals surface area contributed by atoms with Gasteiger partial charge in [-0.2, -0.15) is 0 Å². The second-order valence-electron chi connectivity index (χ2n) is 3.17. The molecule has 0 radical (unpaired) electrons. The quantitative estimate of drug-likeness (QED) is 0.634. The van der Waals surface area contributed by atoms with Crippen molar-refractivity contribution < 1.29 is 13.5 Å². The fourth-order valence-electron chi connectivity index (χ4n) is 1.47. The van der Waals surface area contributed by atoms with Crippen LogP contribution in [-0.2, 0) is 4.74 Å². The van der Waals surface area contributed by atoms with Crippen LogP contribution in [0.25, 0.3) is 0 Å². The third-order valence-corrected chi connectivity index (χ3v) is 2.09. The first-order chi connectivity index (χ1) is 5.63. The predicted octanol–water partition coefficient (Wildman–Crippen LogP) is 1.36. The van der Waals surface area contributed by atoms with E-state index in [0.717, 1.165) is 13.1 Å². The summed E-state index contributed by atoms with van der Waals surface area (Å²) in [5.74, 6) is 0. The standard InChI is InChI=1S/C8H15F2NO/c1-3-11-4-6(2)12-7(5-11)8(9)10/h6-8H,3-5H2,1-2H3. The molecule has 0 aromatic carbocycles. The SMILES string of the molecule is CCN1CC(C)OC(C(F)F)C1. The van der Waals surface area contributed by atoms with Crippen molar-refractivity contribution in [3.63, 3.8) is 0 Å². The Morgan fingerprint density at radius 2 is 2.17 bits per heavy atom. The zero-order valence-electron chi connectivity index (χ0n) is 7.46. The molecule has 2 unspecified atom stereocenters. The van der Waals surface area contributed by atoms with E-state index in [2.05, 4.69) is 0 Å². The predicted molar refractivity (Wildman–Crippen MR) is 42.5 cm³/mol. The zero-order valence-corrected chi connectivity index (χ0v) is 7.46. The van der Waals surface area contributed by atoms with Gasteiger partial charge in [0.1, 0.15) is 6.10 Å². The second kappa shape index (κ2) is 4.14. The summed E-state index contributed by atoms with van der Waals surface area (Å²) in [7, 11) is 0. The van der Waals surface area contributed by atoms with Crippen LogP contribution in [0.1, 0.15) is 13.8 Å². The molecule has 0 N–H and O–H groups in total. The Bertz CT molecular complexity index is 143. The summed E-state index contributed by atoms with van der Waals surface area (Å²) in [4.78, 5) is 1.99. The molecule has 0 spiro atoms. The van der Waals surface area contributed by atoms with Gasteiger partial charge in [0.15, 0.2) is 0 Å². The van der Waals surface area contributed by atoms with Gasteiger partial charge in [-0.1, -0.05) is 6.92 Å². The van der Waals surface area contributed by atoms with Crippen molar-refractivity contribution >= 4 is 0 Å². The van der Waals surface area contributed by atoms with Crippen LogP contribution in [0.3, 0.4) is 0 Å². The van der Waals surface area contributed by atoms with E-state index in [1.807, 2.05) is 18.7 Å². The van der Waals surface area contributed by atoms with E-state index in [-0.39, 0.29) is 6.10 Å². The molecular weight excluding hydrogens is 164 g/mol. The van der Waals surface area contributed by atoms with E-state index < -0.39 is 12.5 Å². The number of alkyl halides is 2. The van der Waals surface area contributed by atoms with Crippen molar-refractivity contribution in [3.05, 3.63) is 0 Å². The van der Waals surface area contributed by atoms with Gasteiger partial charge >= 0.3 is 0 Å². The van der Waals surface area contributed by atoms with Crippen LogP contribution in [-0.4, -0.2) is 43.2 Å². The van der Waals surface area contributed by atoms with Gasteiger partial charge in [0.25, 0.3) is 6.43 Å². The molecule has 2 atom stereocenters. The Morgan fingerprint density at radius 3 is 2.67 bits per heavy atom. The molecule has 1 aliphatic rings. The first kappa shape index (κ1) is 9.86. The number of hydrogen-bond donors (Lipinski definition) is 0. The number of rotatable bonds is 2. The number of ether oxygens (including phenoxy) is 1. The third-order valence-electron chi connectivity index (χ3n) is 2.09. The van der Waals surface area contributed by atoms with Crippen molar-refractivity contribution in [2.45, 2.75) is 32.5 Å². The number of likely N-dealkylation sites (N-methyl/N-ethyl adjacent to an activating group) is 1.